The zero-order chi connectivity index (χ0) is 13.6. The molecule has 96 valence electrons. The first-order valence-corrected chi connectivity index (χ1v) is 6.35. The third-order valence-corrected chi connectivity index (χ3v) is 3.65. The molecule has 0 aliphatic carbocycles. The molecule has 2 heterocycles. The van der Waals surface area contributed by atoms with Crippen molar-refractivity contribution in [1.29, 1.82) is 0 Å². The van der Waals surface area contributed by atoms with E-state index in [1.165, 1.54) is 0 Å². The number of imidazole rings is 1. The summed E-state index contributed by atoms with van der Waals surface area (Å²) in [5.41, 5.74) is 8.76. The molecule has 0 saturated carbocycles. The smallest absolute Gasteiger partial charge is 0.141 e. The number of nitrogen functional groups attached to an aromatic ring is 1. The van der Waals surface area contributed by atoms with Gasteiger partial charge in [0.1, 0.15) is 11.3 Å². The number of halogens is 2. The Kier molecular flexibility index (Phi) is 2.84. The Hall–Kier alpha value is -1.78. The van der Waals surface area contributed by atoms with Gasteiger partial charge in [-0.2, -0.15) is 0 Å². The molecule has 0 spiro atoms. The largest absolute Gasteiger partial charge is 0.396 e. The van der Waals surface area contributed by atoms with Crippen LogP contribution in [0.4, 0.5) is 5.69 Å². The summed E-state index contributed by atoms with van der Waals surface area (Å²) in [5, 5.41) is 0.848. The Bertz CT molecular complexity index is 756. The van der Waals surface area contributed by atoms with Gasteiger partial charge in [-0.15, -0.1) is 0 Å². The highest BCUT2D eigenvalue weighted by atomic mass is 35.5. The molecule has 0 bridgehead atoms. The number of aryl methyl sites for hydroxylation is 1. The molecule has 0 aliphatic heterocycles. The Morgan fingerprint density at radius 3 is 2.53 bits per heavy atom. The lowest BCUT2D eigenvalue weighted by atomic mass is 10.2. The number of hydrogen-bond acceptors (Lipinski definition) is 3. The van der Waals surface area contributed by atoms with E-state index >= 15 is 0 Å². The van der Waals surface area contributed by atoms with Crippen LogP contribution in [0.15, 0.2) is 30.6 Å². The average molecular weight is 293 g/mol. The molecule has 0 radical (unpaired) electrons. The maximum Gasteiger partial charge on any atom is 0.141 e. The van der Waals surface area contributed by atoms with Gasteiger partial charge in [-0.1, -0.05) is 23.2 Å². The monoisotopic (exact) mass is 292 g/mol. The molecule has 1 aromatic carbocycles. The average Bonchev–Trinajstić information content (AvgIpc) is 2.73. The van der Waals surface area contributed by atoms with Gasteiger partial charge in [0.25, 0.3) is 0 Å². The summed E-state index contributed by atoms with van der Waals surface area (Å²) in [6.45, 7) is 0. The second-order valence-electron chi connectivity index (χ2n) is 4.21. The third kappa shape index (κ3) is 1.93. The van der Waals surface area contributed by atoms with E-state index in [2.05, 4.69) is 9.97 Å². The fraction of sp³-hybridized carbons (Fsp3) is 0.0769. The van der Waals surface area contributed by atoms with Gasteiger partial charge in [-0.25, -0.2) is 4.98 Å². The van der Waals surface area contributed by atoms with E-state index in [0.29, 0.717) is 15.7 Å². The van der Waals surface area contributed by atoms with E-state index < -0.39 is 0 Å². The van der Waals surface area contributed by atoms with Crippen molar-refractivity contribution < 1.29 is 0 Å². The number of pyridine rings is 1. The highest BCUT2D eigenvalue weighted by Gasteiger charge is 2.13. The molecule has 0 unspecified atom stereocenters. The Labute approximate surface area is 119 Å². The van der Waals surface area contributed by atoms with Crippen molar-refractivity contribution in [2.24, 2.45) is 7.05 Å². The first-order chi connectivity index (χ1) is 9.08. The number of nitrogens with zero attached hydrogens (tertiary/aromatic N) is 3. The molecular weight excluding hydrogens is 283 g/mol. The van der Waals surface area contributed by atoms with E-state index in [1.54, 1.807) is 24.5 Å². The number of aromatic nitrogens is 3. The van der Waals surface area contributed by atoms with E-state index in [0.717, 1.165) is 22.4 Å². The minimum atomic E-state index is 0.382. The third-order valence-electron chi connectivity index (χ3n) is 3.02. The minimum Gasteiger partial charge on any atom is -0.396 e. The maximum atomic E-state index is 6.06. The Balaban J connectivity index is 2.27. The maximum absolute atomic E-state index is 6.06. The van der Waals surface area contributed by atoms with Crippen LogP contribution < -0.4 is 5.73 Å². The normalized spacial score (nSPS) is 11.1. The predicted octanol–water partition coefficient (Wildman–Crippen LogP) is 3.52. The van der Waals surface area contributed by atoms with Crippen LogP contribution in [0.5, 0.6) is 0 Å². The lowest BCUT2D eigenvalue weighted by molar-refractivity contribution is 0.959. The van der Waals surface area contributed by atoms with E-state index in [4.69, 9.17) is 28.9 Å². The number of fused-ring (bicyclic) bond motifs is 1. The van der Waals surface area contributed by atoms with Crippen molar-refractivity contribution in [1.82, 2.24) is 14.5 Å². The van der Waals surface area contributed by atoms with Gasteiger partial charge < -0.3 is 10.3 Å². The molecule has 2 aromatic heterocycles. The molecular formula is C13H10Cl2N4. The summed E-state index contributed by atoms with van der Waals surface area (Å²) >= 11 is 12.1. The first kappa shape index (κ1) is 12.3. The second kappa shape index (κ2) is 4.40. The van der Waals surface area contributed by atoms with Gasteiger partial charge in [0.15, 0.2) is 0 Å². The number of benzene rings is 1. The first-order valence-electron chi connectivity index (χ1n) is 5.59. The summed E-state index contributed by atoms with van der Waals surface area (Å²) in [4.78, 5) is 8.60. The van der Waals surface area contributed by atoms with Crippen LogP contribution in [0.3, 0.4) is 0 Å². The summed E-state index contributed by atoms with van der Waals surface area (Å²) in [5.74, 6) is 0.770. The number of nitrogens with two attached hydrogens (primary N) is 1. The summed E-state index contributed by atoms with van der Waals surface area (Å²) in [6, 6.07) is 5.43. The van der Waals surface area contributed by atoms with Crippen LogP contribution in [0, 0.1) is 0 Å². The number of anilines is 1. The lowest BCUT2D eigenvalue weighted by Gasteiger charge is -2.06. The molecule has 0 amide bonds. The Morgan fingerprint density at radius 2 is 1.89 bits per heavy atom. The molecule has 3 rings (SSSR count). The summed E-state index contributed by atoms with van der Waals surface area (Å²) in [6.07, 6.45) is 3.45. The van der Waals surface area contributed by atoms with E-state index in [9.17, 15) is 0 Å². The van der Waals surface area contributed by atoms with Gasteiger partial charge in [0.2, 0.25) is 0 Å². The highest BCUT2D eigenvalue weighted by molar-refractivity contribution is 6.39. The zero-order valence-corrected chi connectivity index (χ0v) is 11.6. The van der Waals surface area contributed by atoms with E-state index in [1.807, 2.05) is 17.7 Å². The van der Waals surface area contributed by atoms with Crippen molar-refractivity contribution in [2.45, 2.75) is 0 Å². The van der Waals surface area contributed by atoms with Crippen LogP contribution in [0.25, 0.3) is 22.4 Å². The zero-order valence-electron chi connectivity index (χ0n) is 10.1. The van der Waals surface area contributed by atoms with Crippen LogP contribution in [0.2, 0.25) is 10.0 Å². The van der Waals surface area contributed by atoms with Gasteiger partial charge in [0.05, 0.1) is 27.4 Å². The fourth-order valence-electron chi connectivity index (χ4n) is 2.02. The van der Waals surface area contributed by atoms with E-state index in [-0.39, 0.29) is 0 Å². The highest BCUT2D eigenvalue weighted by Crippen LogP contribution is 2.33. The standard InChI is InChI=1S/C13H10Cl2N4/c1-19-11-2-3-17-6-10(11)18-13(19)7-4-8(14)12(16)9(15)5-7/h2-6H,16H2,1H3. The SMILES string of the molecule is Cn1c(-c2cc(Cl)c(N)c(Cl)c2)nc2cnccc21. The van der Waals surface area contributed by atoms with Crippen LogP contribution in [-0.4, -0.2) is 14.5 Å². The van der Waals surface area contributed by atoms with Crippen molar-refractivity contribution in [3.05, 3.63) is 40.6 Å². The molecule has 2 N–H and O–H groups in total. The van der Waals surface area contributed by atoms with Crippen LogP contribution >= 0.6 is 23.2 Å². The molecule has 0 aliphatic rings. The van der Waals surface area contributed by atoms with Gasteiger partial charge in [-0.05, 0) is 18.2 Å². The number of hydrogen-bond donors (Lipinski definition) is 1. The van der Waals surface area contributed by atoms with Gasteiger partial charge in [-0.3, -0.25) is 4.98 Å². The van der Waals surface area contributed by atoms with Crippen LogP contribution in [-0.2, 0) is 7.05 Å². The van der Waals surface area contributed by atoms with Crippen molar-refractivity contribution >= 4 is 39.9 Å². The van der Waals surface area contributed by atoms with Crippen molar-refractivity contribution in [3.63, 3.8) is 0 Å². The van der Waals surface area contributed by atoms with Crippen LogP contribution in [0.1, 0.15) is 0 Å². The number of rotatable bonds is 1. The minimum absolute atomic E-state index is 0.382. The second-order valence-corrected chi connectivity index (χ2v) is 5.03. The molecule has 0 fully saturated rings. The molecule has 6 heteroatoms. The van der Waals surface area contributed by atoms with Crippen molar-refractivity contribution in [2.75, 3.05) is 5.73 Å². The summed E-state index contributed by atoms with van der Waals surface area (Å²) < 4.78 is 1.97. The summed E-state index contributed by atoms with van der Waals surface area (Å²) in [7, 11) is 1.93. The Morgan fingerprint density at radius 1 is 1.21 bits per heavy atom. The predicted molar refractivity (Wildman–Crippen MR) is 78.4 cm³/mol. The van der Waals surface area contributed by atoms with Gasteiger partial charge >= 0.3 is 0 Å². The lowest BCUT2D eigenvalue weighted by Crippen LogP contribution is -1.94. The molecule has 3 aromatic rings. The topological polar surface area (TPSA) is 56.7 Å². The molecule has 0 atom stereocenters. The molecule has 4 nitrogen and oxygen atoms in total. The van der Waals surface area contributed by atoms with Gasteiger partial charge in [0, 0.05) is 18.8 Å². The van der Waals surface area contributed by atoms with Crippen molar-refractivity contribution in [3.8, 4) is 11.4 Å². The quantitative estimate of drug-likeness (QED) is 0.698. The fourth-order valence-corrected chi connectivity index (χ4v) is 2.51. The molecule has 0 saturated heterocycles. The molecule has 19 heavy (non-hydrogen) atoms.